The quantitative estimate of drug-likeness (QED) is 0.306. The molecule has 8 heteroatoms. The van der Waals surface area contributed by atoms with Gasteiger partial charge in [-0.25, -0.2) is 4.68 Å². The van der Waals surface area contributed by atoms with Crippen molar-refractivity contribution in [2.75, 3.05) is 0 Å². The van der Waals surface area contributed by atoms with Gasteiger partial charge in [-0.2, -0.15) is 5.10 Å². The van der Waals surface area contributed by atoms with Crippen LogP contribution in [0.5, 0.6) is 0 Å². The Balaban J connectivity index is 1.71. The molecule has 0 aliphatic heterocycles. The zero-order chi connectivity index (χ0) is 21.8. The van der Waals surface area contributed by atoms with Crippen molar-refractivity contribution in [2.45, 2.75) is 0 Å². The van der Waals surface area contributed by atoms with Gasteiger partial charge in [-0.3, -0.25) is 20.2 Å². The van der Waals surface area contributed by atoms with Crippen molar-refractivity contribution in [1.82, 2.24) is 9.78 Å². The van der Waals surface area contributed by atoms with Gasteiger partial charge in [0.1, 0.15) is 0 Å². The molecule has 0 fully saturated rings. The molecule has 0 radical (unpaired) electrons. The average molecular weight is 412 g/mol. The van der Waals surface area contributed by atoms with Crippen LogP contribution in [0.2, 0.25) is 0 Å². The summed E-state index contributed by atoms with van der Waals surface area (Å²) in [6, 6.07) is 22.1. The molecule has 8 nitrogen and oxygen atoms in total. The van der Waals surface area contributed by atoms with Crippen molar-refractivity contribution in [3.8, 4) is 16.9 Å². The molecule has 0 spiro atoms. The maximum atomic E-state index is 10.9. The van der Waals surface area contributed by atoms with Crippen LogP contribution in [0.15, 0.2) is 85.1 Å². The summed E-state index contributed by atoms with van der Waals surface area (Å²) in [6.45, 7) is 0. The smallest absolute Gasteiger partial charge is 0.258 e. The average Bonchev–Trinajstić information content (AvgIpc) is 3.23. The van der Waals surface area contributed by atoms with Crippen molar-refractivity contribution < 1.29 is 9.85 Å². The molecular weight excluding hydrogens is 396 g/mol. The molecule has 4 rings (SSSR count). The molecule has 0 amide bonds. The number of nitro groups is 2. The highest BCUT2D eigenvalue weighted by Crippen LogP contribution is 2.26. The number of nitro benzene ring substituents is 2. The third kappa shape index (κ3) is 4.38. The number of non-ortho nitro benzene ring substituents is 2. The Hall–Kier alpha value is -4.59. The van der Waals surface area contributed by atoms with Gasteiger partial charge in [-0.1, -0.05) is 42.5 Å². The van der Waals surface area contributed by atoms with Gasteiger partial charge in [-0.05, 0) is 29.8 Å². The summed E-state index contributed by atoms with van der Waals surface area (Å²) in [5, 5.41) is 26.4. The summed E-state index contributed by atoms with van der Waals surface area (Å²) in [5.41, 5.74) is 4.06. The van der Waals surface area contributed by atoms with E-state index in [1.807, 2.05) is 48.7 Å². The number of hydrogen-bond donors (Lipinski definition) is 0. The molecule has 0 saturated heterocycles. The van der Waals surface area contributed by atoms with Crippen LogP contribution >= 0.6 is 0 Å². The second-order valence-corrected chi connectivity index (χ2v) is 6.70. The molecule has 1 heterocycles. The zero-order valence-electron chi connectivity index (χ0n) is 16.2. The van der Waals surface area contributed by atoms with E-state index in [0.29, 0.717) is 5.69 Å². The summed E-state index contributed by atoms with van der Waals surface area (Å²) >= 11 is 0. The Morgan fingerprint density at radius 2 is 1.32 bits per heavy atom. The van der Waals surface area contributed by atoms with Crippen molar-refractivity contribution >= 4 is 23.5 Å². The van der Waals surface area contributed by atoms with E-state index in [-0.39, 0.29) is 11.4 Å². The van der Waals surface area contributed by atoms with Gasteiger partial charge in [-0.15, -0.1) is 0 Å². The van der Waals surface area contributed by atoms with Crippen molar-refractivity contribution in [3.63, 3.8) is 0 Å². The van der Waals surface area contributed by atoms with Gasteiger partial charge in [0.2, 0.25) is 0 Å². The van der Waals surface area contributed by atoms with Crippen LogP contribution in [0, 0.1) is 20.2 Å². The Morgan fingerprint density at radius 3 is 1.90 bits per heavy atom. The topological polar surface area (TPSA) is 104 Å². The minimum atomic E-state index is -0.444. The van der Waals surface area contributed by atoms with E-state index in [1.165, 1.54) is 24.3 Å². The maximum absolute atomic E-state index is 10.9. The van der Waals surface area contributed by atoms with Gasteiger partial charge >= 0.3 is 0 Å². The highest BCUT2D eigenvalue weighted by Gasteiger charge is 2.12. The lowest BCUT2D eigenvalue weighted by molar-refractivity contribution is -0.385. The molecule has 0 aliphatic rings. The Morgan fingerprint density at radius 1 is 0.742 bits per heavy atom. The largest absolute Gasteiger partial charge is 0.269 e. The molecule has 0 atom stereocenters. The lowest BCUT2D eigenvalue weighted by Gasteiger charge is -2.01. The molecule has 0 N–H and O–H groups in total. The monoisotopic (exact) mass is 412 g/mol. The summed E-state index contributed by atoms with van der Waals surface area (Å²) in [5.74, 6) is 0. The summed E-state index contributed by atoms with van der Waals surface area (Å²) in [4.78, 5) is 20.9. The van der Waals surface area contributed by atoms with Crippen LogP contribution in [-0.2, 0) is 0 Å². The highest BCUT2D eigenvalue weighted by atomic mass is 16.6. The summed E-state index contributed by atoms with van der Waals surface area (Å²) < 4.78 is 1.67. The molecule has 0 unspecified atom stereocenters. The van der Waals surface area contributed by atoms with Crippen LogP contribution in [0.1, 0.15) is 11.1 Å². The molecule has 152 valence electrons. The first-order valence-electron chi connectivity index (χ1n) is 9.34. The van der Waals surface area contributed by atoms with Gasteiger partial charge < -0.3 is 0 Å². The van der Waals surface area contributed by atoms with Crippen LogP contribution in [-0.4, -0.2) is 19.6 Å². The SMILES string of the molecule is O=[N+]([O-])c1ccc(/C=C/c2cn(-c3ccc([N+](=O)[O-])cc3)nc2-c2ccccc2)cc1. The van der Waals surface area contributed by atoms with Crippen molar-refractivity contribution in [2.24, 2.45) is 0 Å². The summed E-state index contributed by atoms with van der Waals surface area (Å²) in [6.07, 6.45) is 5.58. The van der Waals surface area contributed by atoms with Crippen molar-refractivity contribution in [1.29, 1.82) is 0 Å². The lowest BCUT2D eigenvalue weighted by atomic mass is 10.1. The van der Waals surface area contributed by atoms with E-state index in [0.717, 1.165) is 22.4 Å². The predicted molar refractivity (Wildman–Crippen MR) is 118 cm³/mol. The summed E-state index contributed by atoms with van der Waals surface area (Å²) in [7, 11) is 0. The molecule has 0 aliphatic carbocycles. The highest BCUT2D eigenvalue weighted by molar-refractivity contribution is 5.79. The van der Waals surface area contributed by atoms with Crippen LogP contribution in [0.25, 0.3) is 29.1 Å². The Kier molecular flexibility index (Phi) is 5.35. The van der Waals surface area contributed by atoms with E-state index in [9.17, 15) is 20.2 Å². The van der Waals surface area contributed by atoms with Gasteiger partial charge in [0.25, 0.3) is 11.4 Å². The van der Waals surface area contributed by atoms with Gasteiger partial charge in [0, 0.05) is 41.6 Å². The minimum Gasteiger partial charge on any atom is -0.258 e. The number of rotatable bonds is 6. The first-order valence-corrected chi connectivity index (χ1v) is 9.34. The first kappa shape index (κ1) is 19.7. The first-order chi connectivity index (χ1) is 15.0. The van der Waals surface area contributed by atoms with E-state index >= 15 is 0 Å². The minimum absolute atomic E-state index is 0.0116. The fourth-order valence-electron chi connectivity index (χ4n) is 3.08. The van der Waals surface area contributed by atoms with E-state index in [2.05, 4.69) is 5.10 Å². The normalized spacial score (nSPS) is 11.0. The molecule has 3 aromatic carbocycles. The van der Waals surface area contributed by atoms with E-state index in [4.69, 9.17) is 0 Å². The number of benzene rings is 3. The number of nitrogens with zero attached hydrogens (tertiary/aromatic N) is 4. The molecule has 0 saturated carbocycles. The second kappa shape index (κ2) is 8.42. The fraction of sp³-hybridized carbons (Fsp3) is 0. The number of hydrogen-bond acceptors (Lipinski definition) is 5. The molecule has 0 bridgehead atoms. The third-order valence-electron chi connectivity index (χ3n) is 4.67. The predicted octanol–water partition coefficient (Wildman–Crippen LogP) is 5.53. The van der Waals surface area contributed by atoms with Crippen LogP contribution in [0.4, 0.5) is 11.4 Å². The Labute approximate surface area is 177 Å². The fourth-order valence-corrected chi connectivity index (χ4v) is 3.08. The third-order valence-corrected chi connectivity index (χ3v) is 4.67. The van der Waals surface area contributed by atoms with Crippen LogP contribution < -0.4 is 0 Å². The van der Waals surface area contributed by atoms with Crippen LogP contribution in [0.3, 0.4) is 0 Å². The maximum Gasteiger partial charge on any atom is 0.269 e. The van der Waals surface area contributed by atoms with Gasteiger partial charge in [0.05, 0.1) is 21.2 Å². The molecule has 4 aromatic rings. The zero-order valence-corrected chi connectivity index (χ0v) is 16.2. The molecule has 31 heavy (non-hydrogen) atoms. The molecular formula is C23H16N4O4. The Bertz CT molecular complexity index is 1260. The van der Waals surface area contributed by atoms with E-state index in [1.54, 1.807) is 28.9 Å². The second-order valence-electron chi connectivity index (χ2n) is 6.70. The standard InChI is InChI=1S/C23H16N4O4/c28-26(29)21-10-7-17(8-11-21)6-9-19-16-25(20-12-14-22(15-13-20)27(30)31)24-23(19)18-4-2-1-3-5-18/h1-16H/b9-6+. The lowest BCUT2D eigenvalue weighted by Crippen LogP contribution is -1.95. The van der Waals surface area contributed by atoms with E-state index < -0.39 is 9.85 Å². The van der Waals surface area contributed by atoms with Crippen molar-refractivity contribution in [3.05, 3.63) is 116 Å². The molecule has 1 aromatic heterocycles. The van der Waals surface area contributed by atoms with Gasteiger partial charge in [0.15, 0.2) is 0 Å². The number of aromatic nitrogens is 2.